The lowest BCUT2D eigenvalue weighted by molar-refractivity contribution is 0.252. The van der Waals surface area contributed by atoms with Crippen molar-refractivity contribution in [1.29, 1.82) is 0 Å². The number of nitrogens with zero attached hydrogens (tertiary/aromatic N) is 2. The van der Waals surface area contributed by atoms with Crippen LogP contribution < -0.4 is 15.4 Å². The van der Waals surface area contributed by atoms with E-state index >= 15 is 0 Å². The number of carbonyl (C=O) groups excluding carboxylic acids is 1. The van der Waals surface area contributed by atoms with Crippen molar-refractivity contribution in [3.8, 4) is 5.75 Å². The molecule has 2 aromatic rings. The van der Waals surface area contributed by atoms with E-state index in [4.69, 9.17) is 16.3 Å². The van der Waals surface area contributed by atoms with E-state index < -0.39 is 0 Å². The topological polar surface area (TPSA) is 76.1 Å². The number of benzene rings is 1. The second-order valence-corrected chi connectivity index (χ2v) is 6.10. The lowest BCUT2D eigenvalue weighted by Crippen LogP contribution is -2.30. The van der Waals surface area contributed by atoms with Gasteiger partial charge >= 0.3 is 6.03 Å². The van der Waals surface area contributed by atoms with Crippen molar-refractivity contribution in [2.45, 2.75) is 33.6 Å². The van der Waals surface area contributed by atoms with Crippen LogP contribution in [-0.2, 0) is 6.42 Å². The minimum absolute atomic E-state index is 0.303. The van der Waals surface area contributed by atoms with Gasteiger partial charge in [-0.05, 0) is 44.5 Å². The molecular formula is C18H23ClN4O2. The molecule has 0 saturated heterocycles. The number of hydrogen-bond acceptors (Lipinski definition) is 4. The summed E-state index contributed by atoms with van der Waals surface area (Å²) in [6.45, 7) is 6.93. The highest BCUT2D eigenvalue weighted by molar-refractivity contribution is 6.32. The van der Waals surface area contributed by atoms with Crippen molar-refractivity contribution < 1.29 is 9.53 Å². The zero-order valence-corrected chi connectivity index (χ0v) is 15.5. The molecule has 0 saturated carbocycles. The predicted octanol–water partition coefficient (Wildman–Crippen LogP) is 3.90. The molecule has 7 heteroatoms. The fourth-order valence-electron chi connectivity index (χ4n) is 2.28. The number of nitrogens with one attached hydrogen (secondary N) is 2. The molecule has 0 spiro atoms. The predicted molar refractivity (Wildman–Crippen MR) is 99.5 cm³/mol. The summed E-state index contributed by atoms with van der Waals surface area (Å²) in [6.07, 6.45) is 1.48. The van der Waals surface area contributed by atoms with E-state index in [-0.39, 0.29) is 6.03 Å². The summed E-state index contributed by atoms with van der Waals surface area (Å²) in [4.78, 5) is 20.7. The van der Waals surface area contributed by atoms with Crippen LogP contribution in [0.3, 0.4) is 0 Å². The summed E-state index contributed by atoms with van der Waals surface area (Å²) < 4.78 is 5.50. The molecular weight excluding hydrogens is 340 g/mol. The lowest BCUT2D eigenvalue weighted by Gasteiger charge is -2.10. The molecule has 0 atom stereocenters. The maximum absolute atomic E-state index is 12.0. The average molecular weight is 363 g/mol. The van der Waals surface area contributed by atoms with Gasteiger partial charge in [0.15, 0.2) is 0 Å². The van der Waals surface area contributed by atoms with E-state index in [1.54, 1.807) is 18.2 Å². The van der Waals surface area contributed by atoms with E-state index in [1.807, 2.05) is 26.8 Å². The minimum atomic E-state index is -0.303. The highest BCUT2D eigenvalue weighted by Gasteiger charge is 2.07. The van der Waals surface area contributed by atoms with Gasteiger partial charge in [0, 0.05) is 30.0 Å². The van der Waals surface area contributed by atoms with Crippen LogP contribution in [0.2, 0.25) is 5.02 Å². The quantitative estimate of drug-likeness (QED) is 0.783. The van der Waals surface area contributed by atoms with Crippen LogP contribution in [0.4, 0.5) is 10.5 Å². The second-order valence-electron chi connectivity index (χ2n) is 5.69. The van der Waals surface area contributed by atoms with E-state index in [1.165, 1.54) is 0 Å². The lowest BCUT2D eigenvalue weighted by atomic mass is 10.3. The monoisotopic (exact) mass is 362 g/mol. The highest BCUT2D eigenvalue weighted by Crippen LogP contribution is 2.27. The van der Waals surface area contributed by atoms with Crippen LogP contribution in [0, 0.1) is 13.8 Å². The van der Waals surface area contributed by atoms with Crippen molar-refractivity contribution in [2.24, 2.45) is 0 Å². The Morgan fingerprint density at radius 1 is 1.20 bits per heavy atom. The molecule has 134 valence electrons. The molecule has 0 aliphatic rings. The van der Waals surface area contributed by atoms with Crippen molar-refractivity contribution in [2.75, 3.05) is 18.5 Å². The van der Waals surface area contributed by atoms with Crippen molar-refractivity contribution >= 4 is 23.3 Å². The molecule has 25 heavy (non-hydrogen) atoms. The SMILES string of the molecule is CCCOc1ccc(NC(=O)NCCc2nc(C)cc(C)n2)cc1Cl. The number of aryl methyl sites for hydroxylation is 2. The van der Waals surface area contributed by atoms with Gasteiger partial charge in [-0.15, -0.1) is 0 Å². The fourth-order valence-corrected chi connectivity index (χ4v) is 2.52. The Labute approximate surface area is 153 Å². The number of ether oxygens (including phenoxy) is 1. The third kappa shape index (κ3) is 6.23. The van der Waals surface area contributed by atoms with Crippen molar-refractivity contribution in [1.82, 2.24) is 15.3 Å². The van der Waals surface area contributed by atoms with Gasteiger partial charge in [-0.2, -0.15) is 0 Å². The number of urea groups is 1. The molecule has 0 bridgehead atoms. The Bertz CT molecular complexity index is 717. The maximum Gasteiger partial charge on any atom is 0.319 e. The Hall–Kier alpha value is -2.34. The first-order valence-corrected chi connectivity index (χ1v) is 8.64. The number of anilines is 1. The maximum atomic E-state index is 12.0. The van der Waals surface area contributed by atoms with Crippen LogP contribution in [0.5, 0.6) is 5.75 Å². The van der Waals surface area contributed by atoms with Gasteiger partial charge in [0.25, 0.3) is 0 Å². The van der Waals surface area contributed by atoms with Gasteiger partial charge in [0.05, 0.1) is 11.6 Å². The molecule has 6 nitrogen and oxygen atoms in total. The number of carbonyl (C=O) groups is 1. The summed E-state index contributed by atoms with van der Waals surface area (Å²) in [5, 5.41) is 5.99. The largest absolute Gasteiger partial charge is 0.492 e. The van der Waals surface area contributed by atoms with Crippen LogP contribution in [-0.4, -0.2) is 29.2 Å². The van der Waals surface area contributed by atoms with Gasteiger partial charge in [0.1, 0.15) is 11.6 Å². The first-order valence-electron chi connectivity index (χ1n) is 8.26. The Morgan fingerprint density at radius 2 is 1.92 bits per heavy atom. The second kappa shape index (κ2) is 9.22. The Balaban J connectivity index is 1.82. The zero-order chi connectivity index (χ0) is 18.2. The van der Waals surface area contributed by atoms with Crippen molar-refractivity contribution in [3.05, 3.63) is 46.5 Å². The summed E-state index contributed by atoms with van der Waals surface area (Å²) in [5.41, 5.74) is 2.45. The van der Waals surface area contributed by atoms with E-state index in [0.29, 0.717) is 36.0 Å². The molecule has 2 rings (SSSR count). The molecule has 2 amide bonds. The average Bonchev–Trinajstić information content (AvgIpc) is 2.53. The molecule has 0 aliphatic carbocycles. The van der Waals surface area contributed by atoms with Crippen LogP contribution in [0.25, 0.3) is 0 Å². The molecule has 0 unspecified atom stereocenters. The van der Waals surface area contributed by atoms with Gasteiger partial charge in [0.2, 0.25) is 0 Å². The third-order valence-corrected chi connectivity index (χ3v) is 3.61. The molecule has 0 aliphatic heterocycles. The fraction of sp³-hybridized carbons (Fsp3) is 0.389. The summed E-state index contributed by atoms with van der Waals surface area (Å²) in [7, 11) is 0. The van der Waals surface area contributed by atoms with Crippen molar-refractivity contribution in [3.63, 3.8) is 0 Å². The Morgan fingerprint density at radius 3 is 2.56 bits per heavy atom. The van der Waals surface area contributed by atoms with Gasteiger partial charge in [-0.1, -0.05) is 18.5 Å². The Kier molecular flexibility index (Phi) is 7.01. The minimum Gasteiger partial charge on any atom is -0.492 e. The highest BCUT2D eigenvalue weighted by atomic mass is 35.5. The normalized spacial score (nSPS) is 10.4. The molecule has 1 aromatic carbocycles. The summed E-state index contributed by atoms with van der Waals surface area (Å²) >= 11 is 6.15. The summed E-state index contributed by atoms with van der Waals surface area (Å²) in [5.74, 6) is 1.33. The number of halogens is 1. The summed E-state index contributed by atoms with van der Waals surface area (Å²) in [6, 6.07) is 6.78. The van der Waals surface area contributed by atoms with Crippen LogP contribution in [0.1, 0.15) is 30.6 Å². The van der Waals surface area contributed by atoms with Gasteiger partial charge < -0.3 is 15.4 Å². The third-order valence-electron chi connectivity index (χ3n) is 3.31. The van der Waals surface area contributed by atoms with Crippen LogP contribution >= 0.6 is 11.6 Å². The number of aromatic nitrogens is 2. The molecule has 2 N–H and O–H groups in total. The smallest absolute Gasteiger partial charge is 0.319 e. The van der Waals surface area contributed by atoms with Gasteiger partial charge in [-0.25, -0.2) is 14.8 Å². The molecule has 0 fully saturated rings. The van der Waals surface area contributed by atoms with E-state index in [2.05, 4.69) is 20.6 Å². The molecule has 1 aromatic heterocycles. The van der Waals surface area contributed by atoms with E-state index in [0.717, 1.165) is 23.6 Å². The zero-order valence-electron chi connectivity index (χ0n) is 14.7. The van der Waals surface area contributed by atoms with Gasteiger partial charge in [-0.3, -0.25) is 0 Å². The first kappa shape index (κ1) is 19.0. The number of rotatable bonds is 7. The standard InChI is InChI=1S/C18H23ClN4O2/c1-4-9-25-16-6-5-14(11-15(16)19)23-18(24)20-8-7-17-21-12(2)10-13(3)22-17/h5-6,10-11H,4,7-9H2,1-3H3,(H2,20,23,24). The van der Waals surface area contributed by atoms with Crippen LogP contribution in [0.15, 0.2) is 24.3 Å². The molecule has 1 heterocycles. The van der Waals surface area contributed by atoms with E-state index in [9.17, 15) is 4.79 Å². The first-order chi connectivity index (χ1) is 12.0. The number of amides is 2. The molecule has 0 radical (unpaired) electrons. The number of hydrogen-bond donors (Lipinski definition) is 2.